The standard InChI is InChI=1S/C25H22F3N3OS2/c1-15-21(23(32)30-11-5-10-29-2)34-24(31-15)20-9-4-7-17-14-19(33-22(17)20)13-16-6-3-8-18(12-16)25(26,27)28/h3-4,6-10,12,14H,5,11,13H2,1-2H3,(H,30,32). The number of thiazole rings is 1. The molecule has 34 heavy (non-hydrogen) atoms. The van der Waals surface area contributed by atoms with Gasteiger partial charge in [0, 0.05) is 41.4 Å². The predicted octanol–water partition coefficient (Wildman–Crippen LogP) is 6.76. The average Bonchev–Trinajstić information content (AvgIpc) is 3.39. The summed E-state index contributed by atoms with van der Waals surface area (Å²) in [5, 5.41) is 4.63. The molecule has 2 aromatic carbocycles. The number of hydrogen-bond acceptors (Lipinski definition) is 5. The zero-order valence-electron chi connectivity index (χ0n) is 18.6. The minimum atomic E-state index is -4.36. The number of aryl methyl sites for hydroxylation is 1. The number of alkyl halides is 3. The van der Waals surface area contributed by atoms with E-state index in [0.717, 1.165) is 31.6 Å². The maximum absolute atomic E-state index is 13.1. The summed E-state index contributed by atoms with van der Waals surface area (Å²) in [5.74, 6) is -0.158. The third-order valence-electron chi connectivity index (χ3n) is 5.20. The molecular weight excluding hydrogens is 479 g/mol. The molecule has 0 saturated heterocycles. The number of benzene rings is 2. The number of aliphatic imine (C=N–C) groups is 1. The van der Waals surface area contributed by atoms with Gasteiger partial charge >= 0.3 is 6.18 Å². The molecule has 0 fully saturated rings. The van der Waals surface area contributed by atoms with Crippen molar-refractivity contribution in [1.29, 1.82) is 0 Å². The number of carbonyl (C=O) groups is 1. The molecule has 1 N–H and O–H groups in total. The lowest BCUT2D eigenvalue weighted by Gasteiger charge is -2.08. The zero-order chi connectivity index (χ0) is 24.3. The van der Waals surface area contributed by atoms with E-state index in [1.165, 1.54) is 23.5 Å². The normalized spacial score (nSPS) is 12.0. The van der Waals surface area contributed by atoms with Gasteiger partial charge in [0.2, 0.25) is 0 Å². The van der Waals surface area contributed by atoms with E-state index in [9.17, 15) is 18.0 Å². The van der Waals surface area contributed by atoms with Crippen LogP contribution in [0.5, 0.6) is 0 Å². The molecule has 9 heteroatoms. The molecule has 4 aromatic rings. The number of nitrogens with one attached hydrogen (secondary N) is 1. The van der Waals surface area contributed by atoms with E-state index in [0.29, 0.717) is 35.5 Å². The first-order chi connectivity index (χ1) is 16.3. The highest BCUT2D eigenvalue weighted by Crippen LogP contribution is 2.38. The molecule has 176 valence electrons. The van der Waals surface area contributed by atoms with Crippen LogP contribution in [-0.4, -0.2) is 30.7 Å². The minimum Gasteiger partial charge on any atom is -0.351 e. The number of thiophene rings is 1. The van der Waals surface area contributed by atoms with Gasteiger partial charge in [0.15, 0.2) is 0 Å². The molecule has 2 heterocycles. The van der Waals surface area contributed by atoms with Crippen molar-refractivity contribution in [3.05, 3.63) is 75.1 Å². The van der Waals surface area contributed by atoms with Crippen LogP contribution in [0.25, 0.3) is 20.7 Å². The summed E-state index contributed by atoms with van der Waals surface area (Å²) in [5.41, 5.74) is 1.56. The number of aromatic nitrogens is 1. The minimum absolute atomic E-state index is 0.158. The number of rotatable bonds is 7. The van der Waals surface area contributed by atoms with E-state index in [2.05, 4.69) is 15.3 Å². The highest BCUT2D eigenvalue weighted by atomic mass is 32.1. The predicted molar refractivity (Wildman–Crippen MR) is 133 cm³/mol. The summed E-state index contributed by atoms with van der Waals surface area (Å²) in [6.07, 6.45) is -1.54. The Morgan fingerprint density at radius 1 is 1.15 bits per heavy atom. The molecule has 0 saturated carbocycles. The first-order valence-corrected chi connectivity index (χ1v) is 12.2. The number of fused-ring (bicyclic) bond motifs is 1. The summed E-state index contributed by atoms with van der Waals surface area (Å²) in [7, 11) is 1.69. The summed E-state index contributed by atoms with van der Waals surface area (Å²) in [4.78, 5) is 22.7. The lowest BCUT2D eigenvalue weighted by atomic mass is 10.1. The molecular formula is C25H22F3N3OS2. The van der Waals surface area contributed by atoms with E-state index in [1.807, 2.05) is 31.2 Å². The zero-order valence-corrected chi connectivity index (χ0v) is 20.2. The van der Waals surface area contributed by atoms with Gasteiger partial charge < -0.3 is 10.3 Å². The van der Waals surface area contributed by atoms with Crippen molar-refractivity contribution >= 4 is 44.9 Å². The Bertz CT molecular complexity index is 1360. The van der Waals surface area contributed by atoms with Crippen LogP contribution in [0, 0.1) is 6.92 Å². The molecule has 0 bridgehead atoms. The number of carbonyl (C=O) groups excluding carboxylic acids is 1. The highest BCUT2D eigenvalue weighted by Gasteiger charge is 2.30. The Kier molecular flexibility index (Phi) is 7.13. The van der Waals surface area contributed by atoms with Crippen LogP contribution < -0.4 is 5.32 Å². The first-order valence-electron chi connectivity index (χ1n) is 10.6. The Labute approximate surface area is 203 Å². The van der Waals surface area contributed by atoms with Crippen LogP contribution in [0.2, 0.25) is 0 Å². The van der Waals surface area contributed by atoms with E-state index in [-0.39, 0.29) is 5.91 Å². The monoisotopic (exact) mass is 501 g/mol. The van der Waals surface area contributed by atoms with Gasteiger partial charge in [-0.05, 0) is 36.4 Å². The maximum Gasteiger partial charge on any atom is 0.416 e. The average molecular weight is 502 g/mol. The first kappa shape index (κ1) is 24.1. The maximum atomic E-state index is 13.1. The molecule has 1 amide bonds. The van der Waals surface area contributed by atoms with Crippen molar-refractivity contribution in [3.8, 4) is 10.6 Å². The van der Waals surface area contributed by atoms with E-state index >= 15 is 0 Å². The summed E-state index contributed by atoms with van der Waals surface area (Å²) < 4.78 is 40.2. The summed E-state index contributed by atoms with van der Waals surface area (Å²) in [6, 6.07) is 13.3. The molecule has 0 radical (unpaired) electrons. The molecule has 0 unspecified atom stereocenters. The van der Waals surface area contributed by atoms with Gasteiger partial charge in [-0.1, -0.05) is 36.4 Å². The van der Waals surface area contributed by atoms with Crippen LogP contribution in [0.15, 0.2) is 53.5 Å². The number of amides is 1. The molecule has 2 aromatic heterocycles. The number of halogens is 3. The molecule has 0 aliphatic rings. The molecule has 4 nitrogen and oxygen atoms in total. The van der Waals surface area contributed by atoms with Crippen molar-refractivity contribution < 1.29 is 18.0 Å². The lowest BCUT2D eigenvalue weighted by Crippen LogP contribution is -2.24. The quantitative estimate of drug-likeness (QED) is 0.225. The van der Waals surface area contributed by atoms with Crippen LogP contribution in [-0.2, 0) is 12.6 Å². The fraction of sp³-hybridized carbons (Fsp3) is 0.240. The van der Waals surface area contributed by atoms with E-state index in [1.54, 1.807) is 30.7 Å². The van der Waals surface area contributed by atoms with Gasteiger partial charge in [0.1, 0.15) is 9.88 Å². The van der Waals surface area contributed by atoms with Gasteiger partial charge in [-0.2, -0.15) is 13.2 Å². The van der Waals surface area contributed by atoms with Crippen molar-refractivity contribution in [3.63, 3.8) is 0 Å². The fourth-order valence-electron chi connectivity index (χ4n) is 3.61. The Morgan fingerprint density at radius 3 is 2.71 bits per heavy atom. The second kappa shape index (κ2) is 10.1. The van der Waals surface area contributed by atoms with Crippen molar-refractivity contribution in [2.75, 3.05) is 13.6 Å². The van der Waals surface area contributed by atoms with Gasteiger partial charge in [0.25, 0.3) is 5.91 Å². The number of nitrogens with zero attached hydrogens (tertiary/aromatic N) is 2. The topological polar surface area (TPSA) is 54.4 Å². The lowest BCUT2D eigenvalue weighted by molar-refractivity contribution is -0.137. The third-order valence-corrected chi connectivity index (χ3v) is 7.58. The second-order valence-corrected chi connectivity index (χ2v) is 9.87. The molecule has 0 spiro atoms. The second-order valence-electron chi connectivity index (χ2n) is 7.73. The van der Waals surface area contributed by atoms with Gasteiger partial charge in [0.05, 0.1) is 11.3 Å². The van der Waals surface area contributed by atoms with E-state index < -0.39 is 11.7 Å². The van der Waals surface area contributed by atoms with Gasteiger partial charge in [-0.15, -0.1) is 22.7 Å². The smallest absolute Gasteiger partial charge is 0.351 e. The van der Waals surface area contributed by atoms with Crippen LogP contribution in [0.4, 0.5) is 13.2 Å². The molecule has 0 atom stereocenters. The fourth-order valence-corrected chi connectivity index (χ4v) is 5.90. The number of hydrogen-bond donors (Lipinski definition) is 1. The van der Waals surface area contributed by atoms with Gasteiger partial charge in [-0.25, -0.2) is 4.98 Å². The third kappa shape index (κ3) is 5.37. The summed E-state index contributed by atoms with van der Waals surface area (Å²) in [6.45, 7) is 2.32. The summed E-state index contributed by atoms with van der Waals surface area (Å²) >= 11 is 2.88. The largest absolute Gasteiger partial charge is 0.416 e. The molecule has 0 aliphatic heterocycles. The van der Waals surface area contributed by atoms with Crippen molar-refractivity contribution in [1.82, 2.24) is 10.3 Å². The van der Waals surface area contributed by atoms with E-state index in [4.69, 9.17) is 0 Å². The van der Waals surface area contributed by atoms with Crippen LogP contribution >= 0.6 is 22.7 Å². The molecule has 0 aliphatic carbocycles. The van der Waals surface area contributed by atoms with Crippen molar-refractivity contribution in [2.45, 2.75) is 25.9 Å². The Balaban J connectivity index is 1.60. The van der Waals surface area contributed by atoms with Crippen molar-refractivity contribution in [2.24, 2.45) is 4.99 Å². The van der Waals surface area contributed by atoms with Gasteiger partial charge in [-0.3, -0.25) is 4.79 Å². The highest BCUT2D eigenvalue weighted by molar-refractivity contribution is 7.21. The SMILES string of the molecule is CN=CCCNC(=O)c1sc(-c2cccc3cc(Cc4cccc(C(F)(F)F)c4)sc23)nc1C. The van der Waals surface area contributed by atoms with Crippen LogP contribution in [0.3, 0.4) is 0 Å². The Morgan fingerprint density at radius 2 is 1.94 bits per heavy atom. The molecule has 4 rings (SSSR count). The Hall–Kier alpha value is -3.04. The van der Waals surface area contributed by atoms with Crippen LogP contribution in [0.1, 0.15) is 37.8 Å².